The molecule has 0 aromatic heterocycles. The van der Waals surface area contributed by atoms with Crippen molar-refractivity contribution in [1.82, 2.24) is 4.90 Å². The lowest BCUT2D eigenvalue weighted by molar-refractivity contribution is -0.893. The molecule has 6 nitrogen and oxygen atoms in total. The van der Waals surface area contributed by atoms with Gasteiger partial charge in [-0.25, -0.2) is 0 Å². The lowest BCUT2D eigenvalue weighted by atomic mass is 10.1. The van der Waals surface area contributed by atoms with E-state index in [9.17, 15) is 9.59 Å². The van der Waals surface area contributed by atoms with Crippen molar-refractivity contribution in [3.8, 4) is 0 Å². The fraction of sp³-hybridized carbons (Fsp3) is 0.800. The van der Waals surface area contributed by atoms with Gasteiger partial charge in [-0.05, 0) is 25.0 Å². The number of quaternary nitrogens is 1. The maximum absolute atomic E-state index is 12.8. The van der Waals surface area contributed by atoms with Gasteiger partial charge in [0.1, 0.15) is 12.6 Å². The van der Waals surface area contributed by atoms with E-state index in [0.717, 1.165) is 50.0 Å². The summed E-state index contributed by atoms with van der Waals surface area (Å²) in [4.78, 5) is 27.0. The van der Waals surface area contributed by atoms with Crippen LogP contribution in [0.4, 0.5) is 0 Å². The Balaban J connectivity index is 0.0000110. The molecular formula is C40H71BrN2O4. The van der Waals surface area contributed by atoms with E-state index in [2.05, 4.69) is 27.9 Å². The Morgan fingerprint density at radius 2 is 1.04 bits per heavy atom. The molecule has 0 N–H and O–H groups in total. The summed E-state index contributed by atoms with van der Waals surface area (Å²) >= 11 is 0. The third kappa shape index (κ3) is 19.5. The van der Waals surface area contributed by atoms with Crippen LogP contribution in [0.3, 0.4) is 0 Å². The standard InChI is InChI=1S/C40H71N2O4.BrH/c1-5-7-9-11-13-15-17-19-21-25-32-45-35-36(46-33-26-22-20-18-16-14-12-10-8-6-2)34-42(3,4)31-27-30-41-39(43)37-28-23-24-29-38(37)40(41)44;/h23-24,28-29,36H,5-22,25-27,30-35H2,1-4H3;1H/q+1;/p-1. The molecule has 0 saturated carbocycles. The van der Waals surface area contributed by atoms with Crippen LogP contribution >= 0.6 is 0 Å². The zero-order valence-electron chi connectivity index (χ0n) is 30.9. The number of rotatable bonds is 31. The third-order valence-corrected chi connectivity index (χ3v) is 9.52. The average Bonchev–Trinajstić information content (AvgIpc) is 3.28. The van der Waals surface area contributed by atoms with E-state index in [4.69, 9.17) is 9.47 Å². The number of fused-ring (bicyclic) bond motifs is 1. The van der Waals surface area contributed by atoms with Crippen molar-refractivity contribution in [3.05, 3.63) is 35.4 Å². The molecule has 272 valence electrons. The molecule has 1 atom stereocenters. The van der Waals surface area contributed by atoms with Gasteiger partial charge in [0.2, 0.25) is 0 Å². The highest BCUT2D eigenvalue weighted by molar-refractivity contribution is 6.21. The van der Waals surface area contributed by atoms with Gasteiger partial charge in [-0.2, -0.15) is 0 Å². The Labute approximate surface area is 300 Å². The van der Waals surface area contributed by atoms with E-state index in [1.54, 1.807) is 12.1 Å². The first kappa shape index (κ1) is 43.7. The molecular weight excluding hydrogens is 652 g/mol. The molecule has 1 aliphatic rings. The normalized spacial score (nSPS) is 13.7. The van der Waals surface area contributed by atoms with Crippen LogP contribution in [0, 0.1) is 0 Å². The first-order valence-electron chi connectivity index (χ1n) is 19.4. The number of nitrogens with zero attached hydrogens (tertiary/aromatic N) is 2. The lowest BCUT2D eigenvalue weighted by Crippen LogP contribution is -3.00. The van der Waals surface area contributed by atoms with Crippen LogP contribution in [0.1, 0.15) is 169 Å². The van der Waals surface area contributed by atoms with Gasteiger partial charge >= 0.3 is 0 Å². The predicted molar refractivity (Wildman–Crippen MR) is 193 cm³/mol. The minimum absolute atomic E-state index is 0. The summed E-state index contributed by atoms with van der Waals surface area (Å²) in [5.74, 6) is -0.326. The summed E-state index contributed by atoms with van der Waals surface area (Å²) in [6.07, 6.45) is 27.3. The Bertz CT molecular complexity index is 906. The zero-order chi connectivity index (χ0) is 33.3. The highest BCUT2D eigenvalue weighted by Gasteiger charge is 2.35. The molecule has 7 heteroatoms. The highest BCUT2D eigenvalue weighted by atomic mass is 79.9. The molecule has 2 amide bonds. The van der Waals surface area contributed by atoms with Gasteiger partial charge in [0.25, 0.3) is 11.8 Å². The molecule has 1 aromatic carbocycles. The summed E-state index contributed by atoms with van der Waals surface area (Å²) in [5, 5.41) is 0. The van der Waals surface area contributed by atoms with Crippen molar-refractivity contribution in [3.63, 3.8) is 0 Å². The van der Waals surface area contributed by atoms with Crippen molar-refractivity contribution >= 4 is 11.8 Å². The van der Waals surface area contributed by atoms with Crippen molar-refractivity contribution in [2.45, 2.75) is 155 Å². The van der Waals surface area contributed by atoms with Crippen LogP contribution in [-0.2, 0) is 9.47 Å². The zero-order valence-corrected chi connectivity index (χ0v) is 32.5. The third-order valence-electron chi connectivity index (χ3n) is 9.52. The second-order valence-electron chi connectivity index (χ2n) is 14.4. The molecule has 1 aliphatic heterocycles. The first-order chi connectivity index (χ1) is 22.4. The fourth-order valence-electron chi connectivity index (χ4n) is 6.64. The minimum Gasteiger partial charge on any atom is -1.00 e. The molecule has 0 saturated heterocycles. The second kappa shape index (κ2) is 27.5. The lowest BCUT2D eigenvalue weighted by Gasteiger charge is -2.34. The Morgan fingerprint density at radius 1 is 0.617 bits per heavy atom. The highest BCUT2D eigenvalue weighted by Crippen LogP contribution is 2.23. The SMILES string of the molecule is CCCCCCCCCCCCOCC(C[N+](C)(C)CCCN1C(=O)c2ccccc2C1=O)OCCCCCCCCCCCC.[Br-]. The van der Waals surface area contributed by atoms with Gasteiger partial charge in [0.15, 0.2) is 0 Å². The molecule has 0 spiro atoms. The summed E-state index contributed by atoms with van der Waals surface area (Å²) in [5.41, 5.74) is 1.06. The van der Waals surface area contributed by atoms with Crippen LogP contribution in [0.25, 0.3) is 0 Å². The Kier molecular flexibility index (Phi) is 25.6. The monoisotopic (exact) mass is 722 g/mol. The number of halogens is 1. The van der Waals surface area contributed by atoms with E-state index in [-0.39, 0.29) is 34.9 Å². The Morgan fingerprint density at radius 3 is 1.51 bits per heavy atom. The molecule has 0 bridgehead atoms. The fourth-order valence-corrected chi connectivity index (χ4v) is 6.64. The van der Waals surface area contributed by atoms with Crippen LogP contribution in [0.5, 0.6) is 0 Å². The number of ether oxygens (including phenoxy) is 2. The largest absolute Gasteiger partial charge is 1.00 e. The molecule has 0 radical (unpaired) electrons. The van der Waals surface area contributed by atoms with Gasteiger partial charge in [-0.3, -0.25) is 14.5 Å². The van der Waals surface area contributed by atoms with Crippen LogP contribution in [-0.4, -0.2) is 80.9 Å². The second-order valence-corrected chi connectivity index (χ2v) is 14.4. The van der Waals surface area contributed by atoms with E-state index in [1.165, 1.54) is 120 Å². The number of benzene rings is 1. The molecule has 0 fully saturated rings. The van der Waals surface area contributed by atoms with Gasteiger partial charge in [-0.15, -0.1) is 0 Å². The van der Waals surface area contributed by atoms with Crippen molar-refractivity contribution in [1.29, 1.82) is 0 Å². The Hall–Kier alpha value is -1.28. The molecule has 1 aromatic rings. The average molecular weight is 724 g/mol. The van der Waals surface area contributed by atoms with E-state index >= 15 is 0 Å². The molecule has 0 aliphatic carbocycles. The quantitative estimate of drug-likeness (QED) is 0.0471. The smallest absolute Gasteiger partial charge is 0.261 e. The molecule has 47 heavy (non-hydrogen) atoms. The molecule has 1 heterocycles. The summed E-state index contributed by atoms with van der Waals surface area (Å²) in [6.45, 7) is 8.96. The number of imide groups is 1. The van der Waals surface area contributed by atoms with Crippen molar-refractivity contribution < 1.29 is 40.5 Å². The van der Waals surface area contributed by atoms with E-state index in [1.807, 2.05) is 12.1 Å². The number of carbonyl (C=O) groups is 2. The van der Waals surface area contributed by atoms with E-state index in [0.29, 0.717) is 24.3 Å². The minimum atomic E-state index is -0.163. The van der Waals surface area contributed by atoms with Crippen molar-refractivity contribution in [2.75, 3.05) is 53.6 Å². The maximum Gasteiger partial charge on any atom is 0.261 e. The van der Waals surface area contributed by atoms with Gasteiger partial charge in [0.05, 0.1) is 38.4 Å². The number of likely N-dealkylation sites (N-methyl/N-ethyl adjacent to an activating group) is 1. The number of carbonyl (C=O) groups excluding carboxylic acids is 2. The number of unbranched alkanes of at least 4 members (excludes halogenated alkanes) is 18. The molecule has 1 unspecified atom stereocenters. The van der Waals surface area contributed by atoms with Crippen LogP contribution < -0.4 is 17.0 Å². The maximum atomic E-state index is 12.8. The summed E-state index contributed by atoms with van der Waals surface area (Å²) in [7, 11) is 4.45. The van der Waals surface area contributed by atoms with Crippen molar-refractivity contribution in [2.24, 2.45) is 0 Å². The number of amides is 2. The van der Waals surface area contributed by atoms with Crippen LogP contribution in [0.2, 0.25) is 0 Å². The number of hydrogen-bond donors (Lipinski definition) is 0. The van der Waals surface area contributed by atoms with Gasteiger partial charge in [0, 0.05) is 26.2 Å². The van der Waals surface area contributed by atoms with E-state index < -0.39 is 0 Å². The van der Waals surface area contributed by atoms with Gasteiger partial charge < -0.3 is 30.9 Å². The first-order valence-corrected chi connectivity index (χ1v) is 19.4. The summed E-state index contributed by atoms with van der Waals surface area (Å²) < 4.78 is 13.4. The molecule has 2 rings (SSSR count). The number of hydrogen-bond acceptors (Lipinski definition) is 4. The topological polar surface area (TPSA) is 55.8 Å². The summed E-state index contributed by atoms with van der Waals surface area (Å²) in [6, 6.07) is 7.15. The van der Waals surface area contributed by atoms with Crippen LogP contribution in [0.15, 0.2) is 24.3 Å². The van der Waals surface area contributed by atoms with Gasteiger partial charge in [-0.1, -0.05) is 142 Å². The predicted octanol–water partition coefficient (Wildman–Crippen LogP) is 7.00.